The smallest absolute Gasteiger partial charge is 0.407 e. The fourth-order valence-corrected chi connectivity index (χ4v) is 5.91. The Morgan fingerprint density at radius 3 is 2.38 bits per heavy atom. The van der Waals surface area contributed by atoms with Gasteiger partial charge in [0.25, 0.3) is 5.91 Å². The van der Waals surface area contributed by atoms with E-state index in [9.17, 15) is 14.7 Å². The first-order valence-corrected chi connectivity index (χ1v) is 15.2. The average molecular weight is 574 g/mol. The standard InChI is InChI=1S/C33H43N5O4/c1-33(2,3)42-32(41)36-19-23-12-10-22(11-13-23)18-35-31(40)27-17-29(37-28-9-5-4-8-26(27)28)24-14-15-30(34-20-24)38-16-6-7-25(39)21-38/h4-5,8-9,14-15,17,20,22-23,25,39H,6-7,10-13,16,18-19,21H2,1-3H3,(H,35,40)(H,36,41). The number of pyridine rings is 2. The highest BCUT2D eigenvalue weighted by Gasteiger charge is 2.24. The fraction of sp³-hybridized carbons (Fsp3) is 0.515. The van der Waals surface area contributed by atoms with Crippen molar-refractivity contribution in [2.45, 2.75) is 71.0 Å². The molecule has 1 aliphatic heterocycles. The minimum absolute atomic E-state index is 0.101. The van der Waals surface area contributed by atoms with Crippen molar-refractivity contribution in [2.75, 3.05) is 31.1 Å². The molecule has 2 aliphatic rings. The Labute approximate surface area is 248 Å². The summed E-state index contributed by atoms with van der Waals surface area (Å²) in [6.07, 6.45) is 6.93. The first kappa shape index (κ1) is 29.8. The zero-order valence-electron chi connectivity index (χ0n) is 24.9. The predicted molar refractivity (Wildman–Crippen MR) is 164 cm³/mol. The molecule has 5 rings (SSSR count). The van der Waals surface area contributed by atoms with E-state index in [0.29, 0.717) is 42.7 Å². The summed E-state index contributed by atoms with van der Waals surface area (Å²) in [7, 11) is 0. The van der Waals surface area contributed by atoms with Gasteiger partial charge >= 0.3 is 6.09 Å². The van der Waals surface area contributed by atoms with Crippen LogP contribution >= 0.6 is 0 Å². The number of benzene rings is 1. The molecule has 1 unspecified atom stereocenters. The molecular weight excluding hydrogens is 530 g/mol. The molecule has 1 aliphatic carbocycles. The quantitative estimate of drug-likeness (QED) is 0.350. The Bertz CT molecular complexity index is 1380. The molecule has 1 aromatic carbocycles. The van der Waals surface area contributed by atoms with E-state index in [1.807, 2.05) is 63.2 Å². The van der Waals surface area contributed by atoms with Crippen LogP contribution in [0.5, 0.6) is 0 Å². The average Bonchev–Trinajstić information content (AvgIpc) is 2.98. The van der Waals surface area contributed by atoms with Crippen molar-refractivity contribution < 1.29 is 19.4 Å². The van der Waals surface area contributed by atoms with Crippen LogP contribution in [0.2, 0.25) is 0 Å². The van der Waals surface area contributed by atoms with E-state index >= 15 is 0 Å². The maximum Gasteiger partial charge on any atom is 0.407 e. The number of anilines is 1. The van der Waals surface area contributed by atoms with Crippen molar-refractivity contribution in [2.24, 2.45) is 11.8 Å². The Morgan fingerprint density at radius 1 is 1.00 bits per heavy atom. The van der Waals surface area contributed by atoms with Crippen LogP contribution < -0.4 is 15.5 Å². The normalized spacial score (nSPS) is 21.1. The molecule has 224 valence electrons. The summed E-state index contributed by atoms with van der Waals surface area (Å²) in [6.45, 7) is 8.30. The second-order valence-electron chi connectivity index (χ2n) is 12.7. The van der Waals surface area contributed by atoms with Gasteiger partial charge in [0.2, 0.25) is 0 Å². The number of aromatic nitrogens is 2. The van der Waals surface area contributed by atoms with Crippen molar-refractivity contribution in [3.63, 3.8) is 0 Å². The number of carbonyl (C=O) groups is 2. The van der Waals surface area contributed by atoms with E-state index in [0.717, 1.165) is 67.4 Å². The van der Waals surface area contributed by atoms with E-state index in [4.69, 9.17) is 9.72 Å². The van der Waals surface area contributed by atoms with Crippen molar-refractivity contribution >= 4 is 28.7 Å². The molecule has 0 spiro atoms. The van der Waals surface area contributed by atoms with Gasteiger partial charge in [-0.25, -0.2) is 14.8 Å². The van der Waals surface area contributed by atoms with Gasteiger partial charge in [-0.1, -0.05) is 18.2 Å². The summed E-state index contributed by atoms with van der Waals surface area (Å²) >= 11 is 0. The molecule has 9 nitrogen and oxygen atoms in total. The third-order valence-corrected chi connectivity index (χ3v) is 8.18. The van der Waals surface area contributed by atoms with Crippen LogP contribution in [0.4, 0.5) is 10.6 Å². The van der Waals surface area contributed by atoms with Crippen LogP contribution in [0.1, 0.15) is 69.7 Å². The molecule has 3 N–H and O–H groups in total. The van der Waals surface area contributed by atoms with Crippen LogP contribution in [-0.2, 0) is 4.74 Å². The van der Waals surface area contributed by atoms with Crippen LogP contribution in [-0.4, -0.2) is 65.0 Å². The molecule has 3 aromatic rings. The Balaban J connectivity index is 1.20. The van der Waals surface area contributed by atoms with Gasteiger partial charge in [-0.3, -0.25) is 4.79 Å². The van der Waals surface area contributed by atoms with Gasteiger partial charge in [0.05, 0.1) is 22.9 Å². The summed E-state index contributed by atoms with van der Waals surface area (Å²) in [6, 6.07) is 13.5. The fourth-order valence-electron chi connectivity index (χ4n) is 5.91. The van der Waals surface area contributed by atoms with Crippen LogP contribution in [0.3, 0.4) is 0 Å². The summed E-state index contributed by atoms with van der Waals surface area (Å²) in [5, 5.41) is 16.9. The number of nitrogens with one attached hydrogen (secondary N) is 2. The number of ether oxygens (including phenoxy) is 1. The summed E-state index contributed by atoms with van der Waals surface area (Å²) in [4.78, 5) is 37.1. The number of hydrogen-bond donors (Lipinski definition) is 3. The van der Waals surface area contributed by atoms with Crippen LogP contribution in [0, 0.1) is 11.8 Å². The lowest BCUT2D eigenvalue weighted by Gasteiger charge is -2.31. The minimum atomic E-state index is -0.499. The first-order chi connectivity index (χ1) is 20.1. The molecule has 0 bridgehead atoms. The number of alkyl carbamates (subject to hydrolysis) is 1. The summed E-state index contributed by atoms with van der Waals surface area (Å²) < 4.78 is 5.34. The maximum absolute atomic E-state index is 13.5. The zero-order valence-corrected chi connectivity index (χ0v) is 24.9. The number of β-amino-alcohol motifs (C(OH)–C–C–N with tert-alkyl or cyclic N) is 1. The number of rotatable bonds is 7. The van der Waals surface area contributed by atoms with Gasteiger partial charge in [0.1, 0.15) is 11.4 Å². The van der Waals surface area contributed by atoms with Crippen molar-refractivity contribution in [1.82, 2.24) is 20.6 Å². The molecule has 1 saturated heterocycles. The number of carbonyl (C=O) groups excluding carboxylic acids is 2. The van der Waals surface area contributed by atoms with Crippen LogP contribution in [0.15, 0.2) is 48.7 Å². The lowest BCUT2D eigenvalue weighted by molar-refractivity contribution is 0.0512. The van der Waals surface area contributed by atoms with Gasteiger partial charge in [-0.05, 0) is 95.4 Å². The Kier molecular flexibility index (Phi) is 9.26. The number of hydrogen-bond acceptors (Lipinski definition) is 7. The van der Waals surface area contributed by atoms with Crippen LogP contribution in [0.25, 0.3) is 22.2 Å². The van der Waals surface area contributed by atoms with Gasteiger partial charge in [-0.2, -0.15) is 0 Å². The SMILES string of the molecule is CC(C)(C)OC(=O)NCC1CCC(CNC(=O)c2cc(-c3ccc(N4CCCC(O)C4)nc3)nc3ccccc23)CC1. The largest absolute Gasteiger partial charge is 0.444 e. The summed E-state index contributed by atoms with van der Waals surface area (Å²) in [5.41, 5.74) is 2.42. The molecule has 1 saturated carbocycles. The predicted octanol–water partition coefficient (Wildman–Crippen LogP) is 5.32. The molecule has 42 heavy (non-hydrogen) atoms. The third-order valence-electron chi connectivity index (χ3n) is 8.18. The number of amides is 2. The number of aliphatic hydroxyl groups is 1. The highest BCUT2D eigenvalue weighted by Crippen LogP contribution is 2.29. The Morgan fingerprint density at radius 2 is 1.71 bits per heavy atom. The second-order valence-corrected chi connectivity index (χ2v) is 12.7. The third kappa shape index (κ3) is 7.76. The van der Waals surface area contributed by atoms with Gasteiger partial charge < -0.3 is 25.4 Å². The highest BCUT2D eigenvalue weighted by atomic mass is 16.6. The molecule has 1 atom stereocenters. The second kappa shape index (κ2) is 13.1. The number of aliphatic hydroxyl groups excluding tert-OH is 1. The van der Waals surface area contributed by atoms with Gasteiger partial charge in [0, 0.05) is 43.3 Å². The maximum atomic E-state index is 13.5. The Hall–Kier alpha value is -3.72. The number of para-hydroxylation sites is 1. The van der Waals surface area contributed by atoms with Gasteiger partial charge in [-0.15, -0.1) is 0 Å². The topological polar surface area (TPSA) is 117 Å². The van der Waals surface area contributed by atoms with Gasteiger partial charge in [0.15, 0.2) is 0 Å². The lowest BCUT2D eigenvalue weighted by Crippen LogP contribution is -2.38. The number of piperidine rings is 1. The van der Waals surface area contributed by atoms with E-state index in [2.05, 4.69) is 20.5 Å². The van der Waals surface area contributed by atoms with E-state index < -0.39 is 5.60 Å². The molecule has 3 heterocycles. The monoisotopic (exact) mass is 573 g/mol. The minimum Gasteiger partial charge on any atom is -0.444 e. The highest BCUT2D eigenvalue weighted by molar-refractivity contribution is 6.07. The van der Waals surface area contributed by atoms with Crippen molar-refractivity contribution in [1.29, 1.82) is 0 Å². The van der Waals surface area contributed by atoms with Crippen molar-refractivity contribution in [3.05, 3.63) is 54.2 Å². The van der Waals surface area contributed by atoms with Crippen molar-refractivity contribution in [3.8, 4) is 11.3 Å². The molecule has 2 aromatic heterocycles. The molecule has 2 fully saturated rings. The van der Waals surface area contributed by atoms with E-state index in [-0.39, 0.29) is 18.1 Å². The number of fused-ring (bicyclic) bond motifs is 1. The molecule has 2 amide bonds. The molecule has 0 radical (unpaired) electrons. The lowest BCUT2D eigenvalue weighted by atomic mass is 9.82. The zero-order chi connectivity index (χ0) is 29.7. The molecule has 9 heteroatoms. The van der Waals surface area contributed by atoms with E-state index in [1.54, 1.807) is 6.20 Å². The summed E-state index contributed by atoms with van der Waals surface area (Å²) in [5.74, 6) is 1.57. The number of nitrogens with zero attached hydrogens (tertiary/aromatic N) is 3. The molecular formula is C33H43N5O4. The van der Waals surface area contributed by atoms with E-state index in [1.165, 1.54) is 0 Å². The first-order valence-electron chi connectivity index (χ1n) is 15.2.